The van der Waals surface area contributed by atoms with Crippen LogP contribution in [-0.2, 0) is 4.74 Å². The maximum absolute atomic E-state index is 5.74. The van der Waals surface area contributed by atoms with Crippen molar-refractivity contribution in [3.63, 3.8) is 0 Å². The highest BCUT2D eigenvalue weighted by Crippen LogP contribution is 2.49. The minimum absolute atomic E-state index is 0.126. The molecule has 2 atom stereocenters. The second kappa shape index (κ2) is 2.55. The second-order valence-corrected chi connectivity index (χ2v) is 3.99. The van der Waals surface area contributed by atoms with E-state index in [1.165, 1.54) is 11.1 Å². The number of benzene rings is 1. The third kappa shape index (κ3) is 0.934. The molecule has 0 spiro atoms. The van der Waals surface area contributed by atoms with E-state index < -0.39 is 0 Å². The summed E-state index contributed by atoms with van der Waals surface area (Å²) < 4.78 is 16.8. The number of hydrogen-bond donors (Lipinski definition) is 0. The molecule has 0 N–H and O–H groups in total. The molecule has 1 aromatic rings. The van der Waals surface area contributed by atoms with E-state index in [1.54, 1.807) is 0 Å². The summed E-state index contributed by atoms with van der Waals surface area (Å²) in [4.78, 5) is 0. The van der Waals surface area contributed by atoms with Gasteiger partial charge in [0, 0.05) is 0 Å². The molecule has 2 unspecified atom stereocenters. The summed E-state index contributed by atoms with van der Waals surface area (Å²) in [5.41, 5.74) is 2.46. The smallest absolute Gasteiger partial charge is 0.161 e. The Labute approximate surface area is 87.3 Å². The van der Waals surface area contributed by atoms with Gasteiger partial charge >= 0.3 is 0 Å². The van der Waals surface area contributed by atoms with E-state index in [0.29, 0.717) is 13.2 Å². The Balaban J connectivity index is 1.91. The number of hydrogen-bond acceptors (Lipinski definition) is 3. The van der Waals surface area contributed by atoms with Crippen LogP contribution < -0.4 is 9.47 Å². The van der Waals surface area contributed by atoms with E-state index in [2.05, 4.69) is 24.3 Å². The molecule has 1 aromatic carbocycles. The third-order valence-corrected chi connectivity index (χ3v) is 3.11. The van der Waals surface area contributed by atoms with Crippen LogP contribution in [-0.4, -0.2) is 13.2 Å². The number of rotatable bonds is 0. The molecule has 0 aliphatic carbocycles. The Morgan fingerprint density at radius 2 is 1.40 bits per heavy atom. The lowest BCUT2D eigenvalue weighted by Crippen LogP contribution is -2.16. The summed E-state index contributed by atoms with van der Waals surface area (Å²) in [6.07, 6.45) is 4.45. The molecule has 0 fully saturated rings. The van der Waals surface area contributed by atoms with Gasteiger partial charge in [-0.1, -0.05) is 12.2 Å². The molecule has 3 heteroatoms. The summed E-state index contributed by atoms with van der Waals surface area (Å²) in [6.45, 7) is 1.27. The summed E-state index contributed by atoms with van der Waals surface area (Å²) >= 11 is 0. The van der Waals surface area contributed by atoms with E-state index >= 15 is 0 Å². The van der Waals surface area contributed by atoms with Gasteiger partial charge in [0.25, 0.3) is 0 Å². The molecule has 2 bridgehead atoms. The highest BCUT2D eigenvalue weighted by atomic mass is 16.6. The topological polar surface area (TPSA) is 27.7 Å². The van der Waals surface area contributed by atoms with Crippen molar-refractivity contribution in [3.05, 3.63) is 35.4 Å². The highest BCUT2D eigenvalue weighted by Gasteiger charge is 2.35. The molecule has 76 valence electrons. The van der Waals surface area contributed by atoms with Crippen molar-refractivity contribution < 1.29 is 14.2 Å². The molecular formula is C12H10O3. The predicted molar refractivity (Wildman–Crippen MR) is 53.1 cm³/mol. The molecule has 3 aliphatic heterocycles. The van der Waals surface area contributed by atoms with Crippen molar-refractivity contribution in [1.82, 2.24) is 0 Å². The Kier molecular flexibility index (Phi) is 1.32. The minimum Gasteiger partial charge on any atom is -0.486 e. The third-order valence-electron chi connectivity index (χ3n) is 3.11. The standard InChI is InChI=1S/C12H10O3/c1-2-10-8-6-12-11(13-3-4-14-12)5-7(8)9(1)15-10/h1-2,5-6,9-10H,3-4H2. The Morgan fingerprint density at radius 1 is 0.867 bits per heavy atom. The molecule has 0 amide bonds. The summed E-state index contributed by atoms with van der Waals surface area (Å²) in [7, 11) is 0. The molecule has 3 aliphatic rings. The van der Waals surface area contributed by atoms with Crippen LogP contribution in [0, 0.1) is 0 Å². The zero-order chi connectivity index (χ0) is 9.83. The van der Waals surface area contributed by atoms with Gasteiger partial charge in [0.2, 0.25) is 0 Å². The van der Waals surface area contributed by atoms with Gasteiger partial charge in [-0.25, -0.2) is 0 Å². The molecule has 3 heterocycles. The maximum Gasteiger partial charge on any atom is 0.161 e. The molecule has 15 heavy (non-hydrogen) atoms. The van der Waals surface area contributed by atoms with E-state index in [4.69, 9.17) is 14.2 Å². The van der Waals surface area contributed by atoms with Crippen molar-refractivity contribution in [2.75, 3.05) is 13.2 Å². The van der Waals surface area contributed by atoms with Gasteiger partial charge in [0.15, 0.2) is 11.5 Å². The molecule has 0 saturated heterocycles. The van der Waals surface area contributed by atoms with Crippen molar-refractivity contribution >= 4 is 0 Å². The van der Waals surface area contributed by atoms with Gasteiger partial charge < -0.3 is 14.2 Å². The van der Waals surface area contributed by atoms with Crippen molar-refractivity contribution in [2.45, 2.75) is 12.2 Å². The second-order valence-electron chi connectivity index (χ2n) is 3.99. The van der Waals surface area contributed by atoms with Crippen molar-refractivity contribution in [3.8, 4) is 11.5 Å². The molecule has 0 aromatic heterocycles. The van der Waals surface area contributed by atoms with Crippen LogP contribution in [0.3, 0.4) is 0 Å². The fourth-order valence-electron chi connectivity index (χ4n) is 2.42. The van der Waals surface area contributed by atoms with Crippen LogP contribution in [0.25, 0.3) is 0 Å². The quantitative estimate of drug-likeness (QED) is 0.603. The van der Waals surface area contributed by atoms with Crippen molar-refractivity contribution in [1.29, 1.82) is 0 Å². The largest absolute Gasteiger partial charge is 0.486 e. The average molecular weight is 202 g/mol. The lowest BCUT2D eigenvalue weighted by Gasteiger charge is -2.20. The number of ether oxygens (including phenoxy) is 3. The van der Waals surface area contributed by atoms with Crippen LogP contribution in [0.2, 0.25) is 0 Å². The lowest BCUT2D eigenvalue weighted by molar-refractivity contribution is 0.0878. The minimum atomic E-state index is 0.126. The molecule has 4 rings (SSSR count). The van der Waals surface area contributed by atoms with E-state index in [9.17, 15) is 0 Å². The van der Waals surface area contributed by atoms with Gasteiger partial charge in [-0.05, 0) is 23.3 Å². The molecule has 3 nitrogen and oxygen atoms in total. The van der Waals surface area contributed by atoms with Crippen LogP contribution in [0.1, 0.15) is 23.3 Å². The van der Waals surface area contributed by atoms with Gasteiger partial charge in [-0.15, -0.1) is 0 Å². The van der Waals surface area contributed by atoms with Gasteiger partial charge in [-0.2, -0.15) is 0 Å². The Morgan fingerprint density at radius 3 is 1.93 bits per heavy atom. The molecule has 0 radical (unpaired) electrons. The fraction of sp³-hybridized carbons (Fsp3) is 0.333. The zero-order valence-corrected chi connectivity index (χ0v) is 8.10. The highest BCUT2D eigenvalue weighted by molar-refractivity contribution is 5.54. The lowest BCUT2D eigenvalue weighted by atomic mass is 9.96. The summed E-state index contributed by atoms with van der Waals surface area (Å²) in [5.74, 6) is 1.70. The first-order chi connectivity index (χ1) is 7.42. The van der Waals surface area contributed by atoms with Gasteiger partial charge in [0.1, 0.15) is 25.4 Å². The van der Waals surface area contributed by atoms with Gasteiger partial charge in [0.05, 0.1) is 0 Å². The number of fused-ring (bicyclic) bond motifs is 6. The normalized spacial score (nSPS) is 29.3. The van der Waals surface area contributed by atoms with Crippen LogP contribution in [0.15, 0.2) is 24.3 Å². The SMILES string of the molecule is C1=CC2OC1c1cc3c(cc12)OCCO3. The zero-order valence-electron chi connectivity index (χ0n) is 8.10. The molecular weight excluding hydrogens is 192 g/mol. The van der Waals surface area contributed by atoms with E-state index in [0.717, 1.165) is 11.5 Å². The maximum atomic E-state index is 5.74. The summed E-state index contributed by atoms with van der Waals surface area (Å²) in [6, 6.07) is 4.11. The van der Waals surface area contributed by atoms with Crippen LogP contribution in [0.4, 0.5) is 0 Å². The van der Waals surface area contributed by atoms with E-state index in [-0.39, 0.29) is 12.2 Å². The Hall–Kier alpha value is -1.48. The monoisotopic (exact) mass is 202 g/mol. The summed E-state index contributed by atoms with van der Waals surface area (Å²) in [5, 5.41) is 0. The van der Waals surface area contributed by atoms with E-state index in [1.807, 2.05) is 0 Å². The predicted octanol–water partition coefficient (Wildman–Crippen LogP) is 2.14. The first-order valence-electron chi connectivity index (χ1n) is 5.19. The first-order valence-corrected chi connectivity index (χ1v) is 5.19. The van der Waals surface area contributed by atoms with Crippen LogP contribution >= 0.6 is 0 Å². The average Bonchev–Trinajstić information content (AvgIpc) is 2.87. The fourth-order valence-corrected chi connectivity index (χ4v) is 2.42. The van der Waals surface area contributed by atoms with Crippen LogP contribution in [0.5, 0.6) is 11.5 Å². The first kappa shape index (κ1) is 7.77. The van der Waals surface area contributed by atoms with Gasteiger partial charge in [-0.3, -0.25) is 0 Å². The molecule has 0 saturated carbocycles. The Bertz CT molecular complexity index is 423. The van der Waals surface area contributed by atoms with Crippen molar-refractivity contribution in [2.24, 2.45) is 0 Å².